The van der Waals surface area contributed by atoms with Crippen LogP contribution in [0, 0.1) is 0 Å². The standard InChI is InChI=1S/C12H21N5OS/c1-4-13-10-14-11(16-12(15-10)18-5-2)17(3)9-6-7-19-8-9/h9H,4-8H2,1-3H3,(H,13,14,15,16). The lowest BCUT2D eigenvalue weighted by molar-refractivity contribution is 0.312. The molecule has 0 spiro atoms. The van der Waals surface area contributed by atoms with Crippen molar-refractivity contribution in [3.63, 3.8) is 0 Å². The first-order chi connectivity index (χ1) is 9.24. The van der Waals surface area contributed by atoms with Gasteiger partial charge in [-0.05, 0) is 26.0 Å². The Kier molecular flexibility index (Phi) is 5.07. The molecular formula is C12H21N5OS. The third kappa shape index (κ3) is 3.62. The van der Waals surface area contributed by atoms with E-state index in [9.17, 15) is 0 Å². The van der Waals surface area contributed by atoms with E-state index in [0.717, 1.165) is 12.3 Å². The van der Waals surface area contributed by atoms with Crippen LogP contribution in [-0.2, 0) is 0 Å². The number of anilines is 2. The highest BCUT2D eigenvalue weighted by atomic mass is 32.2. The molecule has 1 saturated heterocycles. The van der Waals surface area contributed by atoms with Crippen LogP contribution in [0.1, 0.15) is 20.3 Å². The van der Waals surface area contributed by atoms with Crippen LogP contribution < -0.4 is 15.0 Å². The number of rotatable bonds is 6. The number of hydrogen-bond acceptors (Lipinski definition) is 7. The molecule has 0 aromatic carbocycles. The highest BCUT2D eigenvalue weighted by Crippen LogP contribution is 2.25. The van der Waals surface area contributed by atoms with Crippen LogP contribution in [0.15, 0.2) is 0 Å². The Morgan fingerprint density at radius 1 is 1.37 bits per heavy atom. The molecule has 1 aliphatic heterocycles. The van der Waals surface area contributed by atoms with Gasteiger partial charge in [0.25, 0.3) is 0 Å². The van der Waals surface area contributed by atoms with Crippen molar-refractivity contribution in [1.29, 1.82) is 0 Å². The summed E-state index contributed by atoms with van der Waals surface area (Å²) in [4.78, 5) is 15.2. The lowest BCUT2D eigenvalue weighted by atomic mass is 10.2. The first kappa shape index (κ1) is 14.2. The molecule has 1 fully saturated rings. The molecule has 0 amide bonds. The molecular weight excluding hydrogens is 262 g/mol. The summed E-state index contributed by atoms with van der Waals surface area (Å²) in [7, 11) is 2.04. The van der Waals surface area contributed by atoms with Gasteiger partial charge in [-0.2, -0.15) is 26.7 Å². The predicted octanol–water partition coefficient (Wildman–Crippen LogP) is 1.64. The Labute approximate surface area is 118 Å². The SMILES string of the molecule is CCNc1nc(OCC)nc(N(C)C2CCSC2)n1. The number of nitrogens with one attached hydrogen (secondary N) is 1. The highest BCUT2D eigenvalue weighted by Gasteiger charge is 2.23. The largest absolute Gasteiger partial charge is 0.464 e. The monoisotopic (exact) mass is 283 g/mol. The van der Waals surface area contributed by atoms with Gasteiger partial charge >= 0.3 is 6.01 Å². The average Bonchev–Trinajstić information content (AvgIpc) is 2.92. The predicted molar refractivity (Wildman–Crippen MR) is 79.3 cm³/mol. The fourth-order valence-corrected chi connectivity index (χ4v) is 3.19. The molecule has 19 heavy (non-hydrogen) atoms. The van der Waals surface area contributed by atoms with Crippen molar-refractivity contribution in [1.82, 2.24) is 15.0 Å². The zero-order valence-electron chi connectivity index (χ0n) is 11.7. The van der Waals surface area contributed by atoms with E-state index >= 15 is 0 Å². The van der Waals surface area contributed by atoms with Crippen molar-refractivity contribution in [2.75, 3.05) is 41.9 Å². The van der Waals surface area contributed by atoms with Crippen molar-refractivity contribution < 1.29 is 4.74 Å². The summed E-state index contributed by atoms with van der Waals surface area (Å²) >= 11 is 1.97. The fraction of sp³-hybridized carbons (Fsp3) is 0.750. The third-order valence-electron chi connectivity index (χ3n) is 2.98. The van der Waals surface area contributed by atoms with E-state index in [2.05, 4.69) is 25.2 Å². The lowest BCUT2D eigenvalue weighted by Gasteiger charge is -2.24. The average molecular weight is 283 g/mol. The minimum absolute atomic E-state index is 0.390. The van der Waals surface area contributed by atoms with Crippen LogP contribution in [0.3, 0.4) is 0 Å². The van der Waals surface area contributed by atoms with E-state index in [1.54, 1.807) is 0 Å². The summed E-state index contributed by atoms with van der Waals surface area (Å²) in [5.74, 6) is 3.59. The summed E-state index contributed by atoms with van der Waals surface area (Å²) in [5, 5.41) is 3.12. The van der Waals surface area contributed by atoms with Crippen LogP contribution in [0.2, 0.25) is 0 Å². The molecule has 2 rings (SSSR count). The highest BCUT2D eigenvalue weighted by molar-refractivity contribution is 7.99. The van der Waals surface area contributed by atoms with Gasteiger partial charge in [0.05, 0.1) is 6.61 Å². The Morgan fingerprint density at radius 2 is 2.21 bits per heavy atom. The van der Waals surface area contributed by atoms with Crippen LogP contribution in [-0.4, -0.2) is 52.7 Å². The number of aromatic nitrogens is 3. The number of ether oxygens (including phenoxy) is 1. The molecule has 0 aliphatic carbocycles. The Morgan fingerprint density at radius 3 is 2.84 bits per heavy atom. The fourth-order valence-electron chi connectivity index (χ4n) is 1.93. The first-order valence-corrected chi connectivity index (χ1v) is 7.83. The molecule has 1 atom stereocenters. The zero-order valence-corrected chi connectivity index (χ0v) is 12.5. The molecule has 0 saturated carbocycles. The summed E-state index contributed by atoms with van der Waals surface area (Å²) < 4.78 is 5.41. The number of thioether (sulfide) groups is 1. The number of nitrogens with zero attached hydrogens (tertiary/aromatic N) is 4. The third-order valence-corrected chi connectivity index (χ3v) is 4.13. The van der Waals surface area contributed by atoms with Crippen molar-refractivity contribution in [2.24, 2.45) is 0 Å². The quantitative estimate of drug-likeness (QED) is 0.851. The van der Waals surface area contributed by atoms with Crippen molar-refractivity contribution in [3.8, 4) is 6.01 Å². The molecule has 0 radical (unpaired) electrons. The van der Waals surface area contributed by atoms with Crippen LogP contribution in [0.4, 0.5) is 11.9 Å². The molecule has 1 unspecified atom stereocenters. The van der Waals surface area contributed by atoms with E-state index < -0.39 is 0 Å². The molecule has 0 bridgehead atoms. The summed E-state index contributed by atoms with van der Waals surface area (Å²) in [6, 6.07) is 0.886. The minimum atomic E-state index is 0.390. The molecule has 7 heteroatoms. The van der Waals surface area contributed by atoms with E-state index in [4.69, 9.17) is 4.74 Å². The maximum absolute atomic E-state index is 5.41. The minimum Gasteiger partial charge on any atom is -0.464 e. The number of hydrogen-bond donors (Lipinski definition) is 1. The molecule has 106 valence electrons. The lowest BCUT2D eigenvalue weighted by Crippen LogP contribution is -2.33. The topological polar surface area (TPSA) is 63.2 Å². The second kappa shape index (κ2) is 6.79. The summed E-state index contributed by atoms with van der Waals surface area (Å²) in [6.45, 7) is 5.27. The van der Waals surface area contributed by atoms with Gasteiger partial charge in [0.15, 0.2) is 0 Å². The van der Waals surface area contributed by atoms with Gasteiger partial charge in [-0.15, -0.1) is 0 Å². The summed E-state index contributed by atoms with van der Waals surface area (Å²) in [6.07, 6.45) is 1.17. The van der Waals surface area contributed by atoms with E-state index in [1.165, 1.54) is 12.2 Å². The van der Waals surface area contributed by atoms with Gasteiger partial charge in [-0.25, -0.2) is 0 Å². The zero-order chi connectivity index (χ0) is 13.7. The van der Waals surface area contributed by atoms with E-state index in [-0.39, 0.29) is 0 Å². The molecule has 1 aliphatic rings. The second-order valence-electron chi connectivity index (χ2n) is 4.33. The van der Waals surface area contributed by atoms with E-state index in [0.29, 0.717) is 30.6 Å². The normalized spacial score (nSPS) is 18.4. The Bertz CT molecular complexity index is 387. The van der Waals surface area contributed by atoms with Crippen LogP contribution in [0.25, 0.3) is 0 Å². The molecule has 1 aromatic heterocycles. The maximum Gasteiger partial charge on any atom is 0.323 e. The van der Waals surface area contributed by atoms with Gasteiger partial charge in [-0.3, -0.25) is 0 Å². The van der Waals surface area contributed by atoms with Gasteiger partial charge in [0.1, 0.15) is 0 Å². The smallest absolute Gasteiger partial charge is 0.323 e. The van der Waals surface area contributed by atoms with Gasteiger partial charge in [0.2, 0.25) is 11.9 Å². The van der Waals surface area contributed by atoms with E-state index in [1.807, 2.05) is 32.7 Å². The van der Waals surface area contributed by atoms with Gasteiger partial charge < -0.3 is 15.0 Å². The maximum atomic E-state index is 5.41. The van der Waals surface area contributed by atoms with Gasteiger partial charge in [0, 0.05) is 25.4 Å². The Balaban J connectivity index is 2.21. The van der Waals surface area contributed by atoms with Gasteiger partial charge in [-0.1, -0.05) is 0 Å². The molecule has 6 nitrogen and oxygen atoms in total. The molecule has 1 aromatic rings. The first-order valence-electron chi connectivity index (χ1n) is 6.68. The summed E-state index contributed by atoms with van der Waals surface area (Å²) in [5.41, 5.74) is 0. The van der Waals surface area contributed by atoms with Crippen LogP contribution >= 0.6 is 11.8 Å². The Hall–Kier alpha value is -1.24. The van der Waals surface area contributed by atoms with Crippen LogP contribution in [0.5, 0.6) is 6.01 Å². The second-order valence-corrected chi connectivity index (χ2v) is 5.48. The van der Waals surface area contributed by atoms with Crippen molar-refractivity contribution >= 4 is 23.7 Å². The molecule has 2 heterocycles. The van der Waals surface area contributed by atoms with Crippen molar-refractivity contribution in [2.45, 2.75) is 26.3 Å². The van der Waals surface area contributed by atoms with Crippen molar-refractivity contribution in [3.05, 3.63) is 0 Å². The molecule has 1 N–H and O–H groups in total.